The highest BCUT2D eigenvalue weighted by Crippen LogP contribution is 2.14. The van der Waals surface area contributed by atoms with Gasteiger partial charge >= 0.3 is 0 Å². The van der Waals surface area contributed by atoms with E-state index < -0.39 is 0 Å². The van der Waals surface area contributed by atoms with Crippen molar-refractivity contribution in [3.05, 3.63) is 35.4 Å². The van der Waals surface area contributed by atoms with E-state index in [1.165, 1.54) is 17.5 Å². The van der Waals surface area contributed by atoms with Crippen LogP contribution in [0.3, 0.4) is 0 Å². The third-order valence-corrected chi connectivity index (χ3v) is 3.07. The summed E-state index contributed by atoms with van der Waals surface area (Å²) in [7, 11) is 1.76. The molecule has 96 valence electrons. The van der Waals surface area contributed by atoms with Gasteiger partial charge in [0.2, 0.25) is 0 Å². The summed E-state index contributed by atoms with van der Waals surface area (Å²) in [6.07, 6.45) is 2.34. The van der Waals surface area contributed by atoms with E-state index in [2.05, 4.69) is 50.4 Å². The molecule has 0 saturated carbocycles. The minimum absolute atomic E-state index is 0.377. The summed E-state index contributed by atoms with van der Waals surface area (Å²) >= 11 is 0. The molecule has 2 nitrogen and oxygen atoms in total. The van der Waals surface area contributed by atoms with Crippen molar-refractivity contribution in [3.63, 3.8) is 0 Å². The predicted molar refractivity (Wildman–Crippen MR) is 73.3 cm³/mol. The molecule has 1 rings (SSSR count). The molecule has 2 atom stereocenters. The third-order valence-electron chi connectivity index (χ3n) is 3.07. The van der Waals surface area contributed by atoms with Crippen LogP contribution in [0.4, 0.5) is 0 Å². The van der Waals surface area contributed by atoms with E-state index in [0.717, 1.165) is 13.0 Å². The first kappa shape index (κ1) is 14.2. The molecule has 0 spiro atoms. The molecule has 17 heavy (non-hydrogen) atoms. The maximum atomic E-state index is 5.25. The summed E-state index contributed by atoms with van der Waals surface area (Å²) in [5.41, 5.74) is 2.65. The van der Waals surface area contributed by atoms with Gasteiger partial charge in [0.25, 0.3) is 0 Å². The number of hydrogen-bond acceptors (Lipinski definition) is 2. The van der Waals surface area contributed by atoms with Crippen LogP contribution in [0.1, 0.15) is 43.9 Å². The van der Waals surface area contributed by atoms with E-state index in [4.69, 9.17) is 4.74 Å². The fourth-order valence-corrected chi connectivity index (χ4v) is 2.07. The van der Waals surface area contributed by atoms with E-state index in [0.29, 0.717) is 12.1 Å². The Morgan fingerprint density at radius 2 is 1.88 bits per heavy atom. The Balaban J connectivity index is 2.56. The highest BCUT2D eigenvalue weighted by molar-refractivity contribution is 5.23. The molecule has 2 unspecified atom stereocenters. The molecule has 0 aromatic heterocycles. The van der Waals surface area contributed by atoms with E-state index in [-0.39, 0.29) is 0 Å². The van der Waals surface area contributed by atoms with Crippen molar-refractivity contribution < 1.29 is 4.74 Å². The Morgan fingerprint density at radius 1 is 1.24 bits per heavy atom. The SMILES string of the molecule is CCCC(COC)NC(C)c1ccc(C)cc1. The van der Waals surface area contributed by atoms with Gasteiger partial charge in [-0.2, -0.15) is 0 Å². The molecule has 0 bridgehead atoms. The summed E-state index contributed by atoms with van der Waals surface area (Å²) in [5.74, 6) is 0. The fraction of sp³-hybridized carbons (Fsp3) is 0.600. The molecule has 0 fully saturated rings. The zero-order valence-corrected chi connectivity index (χ0v) is 11.5. The molecule has 1 aromatic rings. The number of benzene rings is 1. The fourth-order valence-electron chi connectivity index (χ4n) is 2.07. The highest BCUT2D eigenvalue weighted by atomic mass is 16.5. The van der Waals surface area contributed by atoms with Crippen LogP contribution < -0.4 is 5.32 Å². The standard InChI is InChI=1S/C15H25NO/c1-5-6-15(11-17-4)16-13(3)14-9-7-12(2)8-10-14/h7-10,13,15-16H,5-6,11H2,1-4H3. The number of methoxy groups -OCH3 is 1. The van der Waals surface area contributed by atoms with Gasteiger partial charge in [0.1, 0.15) is 0 Å². The lowest BCUT2D eigenvalue weighted by Gasteiger charge is -2.23. The van der Waals surface area contributed by atoms with Crippen LogP contribution in [0.2, 0.25) is 0 Å². The van der Waals surface area contributed by atoms with Gasteiger partial charge in [-0.05, 0) is 25.8 Å². The highest BCUT2D eigenvalue weighted by Gasteiger charge is 2.12. The zero-order valence-electron chi connectivity index (χ0n) is 11.5. The number of hydrogen-bond donors (Lipinski definition) is 1. The van der Waals surface area contributed by atoms with Crippen molar-refractivity contribution in [1.29, 1.82) is 0 Å². The Morgan fingerprint density at radius 3 is 2.41 bits per heavy atom. The number of nitrogens with one attached hydrogen (secondary N) is 1. The normalized spacial score (nSPS) is 14.6. The van der Waals surface area contributed by atoms with Crippen LogP contribution in [-0.4, -0.2) is 19.8 Å². The van der Waals surface area contributed by atoms with Gasteiger partial charge in [-0.3, -0.25) is 0 Å². The van der Waals surface area contributed by atoms with Crippen molar-refractivity contribution in [3.8, 4) is 0 Å². The lowest BCUT2D eigenvalue weighted by atomic mass is 10.0. The summed E-state index contributed by atoms with van der Waals surface area (Å²) in [4.78, 5) is 0. The molecule has 1 aromatic carbocycles. The average Bonchev–Trinajstić information content (AvgIpc) is 2.30. The van der Waals surface area contributed by atoms with Crippen LogP contribution in [0.25, 0.3) is 0 Å². The van der Waals surface area contributed by atoms with E-state index in [1.807, 2.05) is 0 Å². The average molecular weight is 235 g/mol. The second-order valence-corrected chi connectivity index (χ2v) is 4.74. The quantitative estimate of drug-likeness (QED) is 0.781. The molecule has 0 aliphatic heterocycles. The first-order valence-electron chi connectivity index (χ1n) is 6.49. The van der Waals surface area contributed by atoms with Crippen LogP contribution in [0.15, 0.2) is 24.3 Å². The van der Waals surface area contributed by atoms with Gasteiger partial charge in [-0.15, -0.1) is 0 Å². The largest absolute Gasteiger partial charge is 0.383 e. The summed E-state index contributed by atoms with van der Waals surface area (Å²) in [6, 6.07) is 9.55. The van der Waals surface area contributed by atoms with Gasteiger partial charge < -0.3 is 10.1 Å². The lowest BCUT2D eigenvalue weighted by molar-refractivity contribution is 0.157. The predicted octanol–water partition coefficient (Wildman–Crippen LogP) is 3.46. The Bertz CT molecular complexity index is 301. The number of rotatable bonds is 7. The Labute approximate surface area is 105 Å². The minimum Gasteiger partial charge on any atom is -0.383 e. The van der Waals surface area contributed by atoms with Gasteiger partial charge in [-0.25, -0.2) is 0 Å². The molecule has 0 radical (unpaired) electrons. The first-order valence-corrected chi connectivity index (χ1v) is 6.49. The summed E-state index contributed by atoms with van der Waals surface area (Å²) < 4.78 is 5.25. The van der Waals surface area contributed by atoms with Crippen molar-refractivity contribution in [2.45, 2.75) is 45.7 Å². The number of aryl methyl sites for hydroxylation is 1. The van der Waals surface area contributed by atoms with Gasteiger partial charge in [0.05, 0.1) is 6.61 Å². The molecule has 0 saturated heterocycles. The smallest absolute Gasteiger partial charge is 0.0616 e. The lowest BCUT2D eigenvalue weighted by Crippen LogP contribution is -2.35. The second-order valence-electron chi connectivity index (χ2n) is 4.74. The van der Waals surface area contributed by atoms with Gasteiger partial charge in [0, 0.05) is 19.2 Å². The van der Waals surface area contributed by atoms with Crippen molar-refractivity contribution in [1.82, 2.24) is 5.32 Å². The van der Waals surface area contributed by atoms with E-state index >= 15 is 0 Å². The topological polar surface area (TPSA) is 21.3 Å². The Kier molecular flexibility index (Phi) is 6.23. The van der Waals surface area contributed by atoms with Crippen LogP contribution in [0.5, 0.6) is 0 Å². The molecule has 0 heterocycles. The Hall–Kier alpha value is -0.860. The first-order chi connectivity index (χ1) is 8.17. The van der Waals surface area contributed by atoms with Crippen molar-refractivity contribution in [2.24, 2.45) is 0 Å². The minimum atomic E-state index is 0.377. The maximum Gasteiger partial charge on any atom is 0.0616 e. The van der Waals surface area contributed by atoms with Crippen LogP contribution >= 0.6 is 0 Å². The molecule has 1 N–H and O–H groups in total. The third kappa shape index (κ3) is 4.88. The maximum absolute atomic E-state index is 5.25. The molecule has 0 aliphatic rings. The van der Waals surface area contributed by atoms with Gasteiger partial charge in [0.15, 0.2) is 0 Å². The monoisotopic (exact) mass is 235 g/mol. The summed E-state index contributed by atoms with van der Waals surface area (Å²) in [6.45, 7) is 7.32. The zero-order chi connectivity index (χ0) is 12.7. The molecule has 2 heteroatoms. The second kappa shape index (κ2) is 7.46. The van der Waals surface area contributed by atoms with Crippen molar-refractivity contribution in [2.75, 3.05) is 13.7 Å². The van der Waals surface area contributed by atoms with Crippen molar-refractivity contribution >= 4 is 0 Å². The van der Waals surface area contributed by atoms with E-state index in [9.17, 15) is 0 Å². The molecular formula is C15H25NO. The van der Waals surface area contributed by atoms with Crippen LogP contribution in [0, 0.1) is 6.92 Å². The molecular weight excluding hydrogens is 210 g/mol. The molecule has 0 aliphatic carbocycles. The van der Waals surface area contributed by atoms with Crippen LogP contribution in [-0.2, 0) is 4.74 Å². The summed E-state index contributed by atoms with van der Waals surface area (Å²) in [5, 5.41) is 3.63. The van der Waals surface area contributed by atoms with Gasteiger partial charge in [-0.1, -0.05) is 43.2 Å². The van der Waals surface area contributed by atoms with E-state index in [1.54, 1.807) is 7.11 Å². The number of ether oxygens (including phenoxy) is 1. The molecule has 0 amide bonds.